The van der Waals surface area contributed by atoms with Gasteiger partial charge >= 0.3 is 0 Å². The Kier molecular flexibility index (Phi) is 6.89. The molecule has 29 heavy (non-hydrogen) atoms. The Bertz CT molecular complexity index is 812. The van der Waals surface area contributed by atoms with Gasteiger partial charge in [-0.2, -0.15) is 0 Å². The third kappa shape index (κ3) is 4.77. The molecule has 6 nitrogen and oxygen atoms in total. The summed E-state index contributed by atoms with van der Waals surface area (Å²) in [6.07, 6.45) is 3.20. The fourth-order valence-electron chi connectivity index (χ4n) is 4.71. The number of hydrogen-bond donors (Lipinski definition) is 0. The van der Waals surface area contributed by atoms with Gasteiger partial charge in [0.15, 0.2) is 0 Å². The molecule has 2 heterocycles. The molecule has 0 aromatic heterocycles. The van der Waals surface area contributed by atoms with Gasteiger partial charge in [0.05, 0.1) is 5.75 Å². The van der Waals surface area contributed by atoms with E-state index in [1.807, 2.05) is 43.9 Å². The summed E-state index contributed by atoms with van der Waals surface area (Å²) in [5, 5.41) is 0. The summed E-state index contributed by atoms with van der Waals surface area (Å²) < 4.78 is 33.0. The second kappa shape index (κ2) is 9.04. The molecule has 1 saturated heterocycles. The van der Waals surface area contributed by atoms with Crippen molar-refractivity contribution in [2.45, 2.75) is 64.4 Å². The summed E-state index contributed by atoms with van der Waals surface area (Å²) in [6.45, 7) is 8.32. The van der Waals surface area contributed by atoms with Crippen LogP contribution in [0.5, 0.6) is 5.75 Å². The highest BCUT2D eigenvalue weighted by Gasteiger charge is 2.45. The van der Waals surface area contributed by atoms with Gasteiger partial charge in [-0.15, -0.1) is 0 Å². The number of benzene rings is 1. The average Bonchev–Trinajstić information content (AvgIpc) is 2.69. The smallest absolute Gasteiger partial charge is 0.223 e. The monoisotopic (exact) mass is 422 g/mol. The molecule has 2 aliphatic rings. The van der Waals surface area contributed by atoms with E-state index in [1.165, 1.54) is 0 Å². The van der Waals surface area contributed by atoms with Crippen LogP contribution in [0.2, 0.25) is 0 Å². The zero-order chi connectivity index (χ0) is 21.1. The number of para-hydroxylation sites is 1. The van der Waals surface area contributed by atoms with E-state index in [4.69, 9.17) is 4.74 Å². The molecular formula is C22H34N2O4S. The van der Waals surface area contributed by atoms with Gasteiger partial charge in [-0.3, -0.25) is 4.79 Å². The number of ether oxygens (including phenoxy) is 1. The first-order valence-electron chi connectivity index (χ1n) is 10.9. The van der Waals surface area contributed by atoms with Crippen LogP contribution in [0.25, 0.3) is 0 Å². The van der Waals surface area contributed by atoms with Gasteiger partial charge in [-0.1, -0.05) is 25.1 Å². The van der Waals surface area contributed by atoms with Crippen LogP contribution in [0.4, 0.5) is 0 Å². The van der Waals surface area contributed by atoms with Crippen LogP contribution in [0, 0.1) is 0 Å². The molecular weight excluding hydrogens is 388 g/mol. The number of piperidine rings is 1. The summed E-state index contributed by atoms with van der Waals surface area (Å²) in [5.74, 6) is 1.33. The van der Waals surface area contributed by atoms with Gasteiger partial charge in [-0.05, 0) is 38.3 Å². The number of hydrogen-bond acceptors (Lipinski definition) is 4. The summed E-state index contributed by atoms with van der Waals surface area (Å²) in [5.41, 5.74) is 0.709. The summed E-state index contributed by atoms with van der Waals surface area (Å²) in [6, 6.07) is 7.99. The lowest BCUT2D eigenvalue weighted by atomic mass is 9.76. The summed E-state index contributed by atoms with van der Waals surface area (Å²) >= 11 is 0. The van der Waals surface area contributed by atoms with Gasteiger partial charge in [-0.25, -0.2) is 12.7 Å². The van der Waals surface area contributed by atoms with E-state index in [9.17, 15) is 13.2 Å². The van der Waals surface area contributed by atoms with Crippen molar-refractivity contribution in [3.8, 4) is 5.75 Å². The van der Waals surface area contributed by atoms with Crippen LogP contribution in [0.1, 0.15) is 64.4 Å². The Morgan fingerprint density at radius 2 is 1.83 bits per heavy atom. The maximum atomic E-state index is 12.8. The van der Waals surface area contributed by atoms with Crippen molar-refractivity contribution in [3.63, 3.8) is 0 Å². The molecule has 0 radical (unpaired) electrons. The van der Waals surface area contributed by atoms with Crippen molar-refractivity contribution < 1.29 is 17.9 Å². The second-order valence-corrected chi connectivity index (χ2v) is 10.3. The standard InChI is InChI=1S/C22H34N2O4S/c1-4-15-29(26,27)24-13-11-22(12-14-24)17-18(16-21(25)23(5-2)6-3)19-9-7-8-10-20(19)28-22/h7-10,18H,4-6,11-17H2,1-3H3. The van der Waals surface area contributed by atoms with Crippen molar-refractivity contribution in [2.24, 2.45) is 0 Å². The fourth-order valence-corrected chi connectivity index (χ4v) is 6.22. The second-order valence-electron chi connectivity index (χ2n) is 8.21. The topological polar surface area (TPSA) is 66.9 Å². The summed E-state index contributed by atoms with van der Waals surface area (Å²) in [7, 11) is -3.18. The Labute approximate surface area is 175 Å². The van der Waals surface area contributed by atoms with Crippen molar-refractivity contribution >= 4 is 15.9 Å². The molecule has 1 aromatic rings. The minimum atomic E-state index is -3.18. The van der Waals surface area contributed by atoms with E-state index in [2.05, 4.69) is 6.07 Å². The number of fused-ring (bicyclic) bond motifs is 1. The van der Waals surface area contributed by atoms with Crippen molar-refractivity contribution in [3.05, 3.63) is 29.8 Å². The lowest BCUT2D eigenvalue weighted by molar-refractivity contribution is -0.131. The van der Waals surface area contributed by atoms with Crippen LogP contribution in [0.15, 0.2) is 24.3 Å². The van der Waals surface area contributed by atoms with Crippen molar-refractivity contribution in [2.75, 3.05) is 31.9 Å². The molecule has 1 atom stereocenters. The maximum Gasteiger partial charge on any atom is 0.223 e. The molecule has 1 spiro atoms. The van der Waals surface area contributed by atoms with Crippen LogP contribution >= 0.6 is 0 Å². The molecule has 1 unspecified atom stereocenters. The molecule has 0 bridgehead atoms. The number of carbonyl (C=O) groups excluding carboxylic acids is 1. The molecule has 162 valence electrons. The van der Waals surface area contributed by atoms with Crippen molar-refractivity contribution in [1.29, 1.82) is 0 Å². The molecule has 1 fully saturated rings. The minimum Gasteiger partial charge on any atom is -0.487 e. The number of amides is 1. The highest BCUT2D eigenvalue weighted by atomic mass is 32.2. The molecule has 2 aliphatic heterocycles. The Balaban J connectivity index is 1.78. The summed E-state index contributed by atoms with van der Waals surface area (Å²) in [4.78, 5) is 14.7. The zero-order valence-corrected chi connectivity index (χ0v) is 18.7. The molecule has 1 amide bonds. The van der Waals surface area contributed by atoms with E-state index in [1.54, 1.807) is 4.31 Å². The SMILES string of the molecule is CCCS(=O)(=O)N1CCC2(CC1)CC(CC(=O)N(CC)CC)c1ccccc1O2. The predicted octanol–water partition coefficient (Wildman–Crippen LogP) is 3.39. The van der Waals surface area contributed by atoms with Gasteiger partial charge in [0.2, 0.25) is 15.9 Å². The average molecular weight is 423 g/mol. The lowest BCUT2D eigenvalue weighted by Crippen LogP contribution is -2.52. The van der Waals surface area contributed by atoms with Crippen LogP contribution < -0.4 is 4.74 Å². The normalized spacial score (nSPS) is 21.4. The lowest BCUT2D eigenvalue weighted by Gasteiger charge is -2.46. The first-order chi connectivity index (χ1) is 13.8. The van der Waals surface area contributed by atoms with Crippen LogP contribution in [-0.4, -0.2) is 61.1 Å². The molecule has 0 N–H and O–H groups in total. The minimum absolute atomic E-state index is 0.104. The Morgan fingerprint density at radius 1 is 1.17 bits per heavy atom. The first-order valence-corrected chi connectivity index (χ1v) is 12.5. The van der Waals surface area contributed by atoms with Gasteiger partial charge in [0.1, 0.15) is 11.4 Å². The number of carbonyl (C=O) groups is 1. The predicted molar refractivity (Wildman–Crippen MR) is 115 cm³/mol. The number of rotatable bonds is 7. The van der Waals surface area contributed by atoms with Gasteiger partial charge in [0, 0.05) is 51.4 Å². The highest BCUT2D eigenvalue weighted by molar-refractivity contribution is 7.89. The van der Waals surface area contributed by atoms with Gasteiger partial charge < -0.3 is 9.64 Å². The molecule has 0 saturated carbocycles. The van der Waals surface area contributed by atoms with E-state index >= 15 is 0 Å². The molecule has 7 heteroatoms. The highest BCUT2D eigenvalue weighted by Crippen LogP contribution is 2.46. The van der Waals surface area contributed by atoms with E-state index in [0.717, 1.165) is 30.8 Å². The van der Waals surface area contributed by atoms with E-state index < -0.39 is 10.0 Å². The third-order valence-corrected chi connectivity index (χ3v) is 8.41. The zero-order valence-electron chi connectivity index (χ0n) is 17.9. The van der Waals surface area contributed by atoms with Crippen LogP contribution in [0.3, 0.4) is 0 Å². The Morgan fingerprint density at radius 3 is 2.45 bits per heavy atom. The maximum absolute atomic E-state index is 12.8. The fraction of sp³-hybridized carbons (Fsp3) is 0.682. The number of sulfonamides is 1. The third-order valence-electron chi connectivity index (χ3n) is 6.33. The first kappa shape index (κ1) is 22.1. The molecule has 1 aromatic carbocycles. The number of nitrogens with zero attached hydrogens (tertiary/aromatic N) is 2. The largest absolute Gasteiger partial charge is 0.487 e. The Hall–Kier alpha value is -1.60. The van der Waals surface area contributed by atoms with E-state index in [-0.39, 0.29) is 23.2 Å². The van der Waals surface area contributed by atoms with Crippen LogP contribution in [-0.2, 0) is 14.8 Å². The van der Waals surface area contributed by atoms with Gasteiger partial charge in [0.25, 0.3) is 0 Å². The van der Waals surface area contributed by atoms with E-state index in [0.29, 0.717) is 38.8 Å². The molecule has 3 rings (SSSR count). The van der Waals surface area contributed by atoms with Crippen molar-refractivity contribution in [1.82, 2.24) is 9.21 Å². The quantitative estimate of drug-likeness (QED) is 0.676. The molecule has 0 aliphatic carbocycles.